The molecule has 1 aliphatic rings. The molecule has 0 saturated heterocycles. The topological polar surface area (TPSA) is 86.8 Å². The molecule has 0 radical (unpaired) electrons. The van der Waals surface area contributed by atoms with Crippen LogP contribution < -0.4 is 9.62 Å². The van der Waals surface area contributed by atoms with E-state index in [4.69, 9.17) is 11.6 Å². The molecule has 0 heterocycles. The molecule has 1 atom stereocenters. The van der Waals surface area contributed by atoms with Gasteiger partial charge in [0, 0.05) is 24.0 Å². The van der Waals surface area contributed by atoms with Crippen molar-refractivity contribution in [1.82, 2.24) is 10.2 Å². The molecule has 0 aliphatic heterocycles. The van der Waals surface area contributed by atoms with Crippen LogP contribution in [0.1, 0.15) is 42.4 Å². The molecule has 0 aromatic heterocycles. The van der Waals surface area contributed by atoms with E-state index in [1.807, 2.05) is 55.5 Å². The zero-order valence-electron chi connectivity index (χ0n) is 25.3. The third kappa shape index (κ3) is 8.32. The molecular formula is C36H38ClN3O4S. The fourth-order valence-corrected chi connectivity index (χ4v) is 7.29. The first-order chi connectivity index (χ1) is 21.7. The van der Waals surface area contributed by atoms with Crippen LogP contribution in [0.25, 0.3) is 0 Å². The number of hydrogen-bond donors (Lipinski definition) is 1. The SMILES string of the molecule is Cc1cccc(N(CC(=O)N(Cc2ccc(Cl)cc2)[C@@H](Cc2ccccc2)C(=O)NC2CCCC2)S(=O)(=O)c2ccccc2)c1. The summed E-state index contributed by atoms with van der Waals surface area (Å²) in [5.74, 6) is -0.741. The summed E-state index contributed by atoms with van der Waals surface area (Å²) in [5, 5.41) is 3.74. The Morgan fingerprint density at radius 2 is 1.49 bits per heavy atom. The normalized spacial score (nSPS) is 14.1. The molecule has 234 valence electrons. The minimum absolute atomic E-state index is 0.0468. The number of rotatable bonds is 12. The van der Waals surface area contributed by atoms with Gasteiger partial charge in [0.15, 0.2) is 0 Å². The quantitative estimate of drug-likeness (QED) is 0.190. The second-order valence-corrected chi connectivity index (χ2v) is 13.8. The van der Waals surface area contributed by atoms with Crippen LogP contribution in [0, 0.1) is 6.92 Å². The first-order valence-corrected chi connectivity index (χ1v) is 17.1. The predicted octanol–water partition coefficient (Wildman–Crippen LogP) is 6.54. The Morgan fingerprint density at radius 1 is 0.844 bits per heavy atom. The number of nitrogens with zero attached hydrogens (tertiary/aromatic N) is 2. The van der Waals surface area contributed by atoms with Gasteiger partial charge in [0.2, 0.25) is 11.8 Å². The van der Waals surface area contributed by atoms with E-state index >= 15 is 0 Å². The fraction of sp³-hybridized carbons (Fsp3) is 0.278. The van der Waals surface area contributed by atoms with Gasteiger partial charge in [-0.2, -0.15) is 0 Å². The second-order valence-electron chi connectivity index (χ2n) is 11.5. The molecular weight excluding hydrogens is 606 g/mol. The summed E-state index contributed by atoms with van der Waals surface area (Å²) in [7, 11) is -4.13. The van der Waals surface area contributed by atoms with E-state index in [1.165, 1.54) is 17.0 Å². The summed E-state index contributed by atoms with van der Waals surface area (Å²) in [6, 6.07) is 31.0. The lowest BCUT2D eigenvalue weighted by Gasteiger charge is -2.34. The van der Waals surface area contributed by atoms with Crippen LogP contribution in [-0.4, -0.2) is 43.8 Å². The molecule has 0 bridgehead atoms. The summed E-state index contributed by atoms with van der Waals surface area (Å²) in [5.41, 5.74) is 2.88. The third-order valence-electron chi connectivity index (χ3n) is 8.14. The summed E-state index contributed by atoms with van der Waals surface area (Å²) >= 11 is 6.17. The average molecular weight is 644 g/mol. The van der Waals surface area contributed by atoms with Crippen LogP contribution in [0.15, 0.2) is 114 Å². The van der Waals surface area contributed by atoms with Crippen LogP contribution >= 0.6 is 11.6 Å². The van der Waals surface area contributed by atoms with Crippen LogP contribution in [0.3, 0.4) is 0 Å². The van der Waals surface area contributed by atoms with E-state index in [-0.39, 0.29) is 29.8 Å². The standard InChI is InChI=1S/C36H38ClN3O4S/c1-27-11-10-16-32(23-27)40(45(43,44)33-17-6-3-7-18-33)26-35(41)39(25-29-19-21-30(37)22-20-29)34(24-28-12-4-2-5-13-28)36(42)38-31-14-8-9-15-31/h2-7,10-13,16-23,31,34H,8-9,14-15,24-26H2,1H3,(H,38,42)/t34-/m0/s1. The summed E-state index contributed by atoms with van der Waals surface area (Å²) < 4.78 is 29.3. The highest BCUT2D eigenvalue weighted by Crippen LogP contribution is 2.26. The summed E-state index contributed by atoms with van der Waals surface area (Å²) in [6.45, 7) is 1.48. The van der Waals surface area contributed by atoms with Crippen LogP contribution in [0.4, 0.5) is 5.69 Å². The first kappa shape index (κ1) is 32.3. The van der Waals surface area contributed by atoms with Crippen LogP contribution in [-0.2, 0) is 32.6 Å². The van der Waals surface area contributed by atoms with Crippen LogP contribution in [0.2, 0.25) is 5.02 Å². The van der Waals surface area contributed by atoms with Crippen molar-refractivity contribution in [3.05, 3.63) is 131 Å². The molecule has 7 nitrogen and oxygen atoms in total. The monoisotopic (exact) mass is 643 g/mol. The lowest BCUT2D eigenvalue weighted by molar-refractivity contribution is -0.140. The molecule has 45 heavy (non-hydrogen) atoms. The molecule has 1 fully saturated rings. The molecule has 4 aromatic carbocycles. The van der Waals surface area contributed by atoms with E-state index in [0.717, 1.165) is 46.7 Å². The number of aryl methyl sites for hydroxylation is 1. The van der Waals surface area contributed by atoms with Crippen molar-refractivity contribution >= 4 is 39.1 Å². The largest absolute Gasteiger partial charge is 0.352 e. The Hall–Kier alpha value is -4.14. The second kappa shape index (κ2) is 14.8. The van der Waals surface area contributed by atoms with Gasteiger partial charge in [-0.3, -0.25) is 13.9 Å². The maximum atomic E-state index is 14.5. The van der Waals surface area contributed by atoms with Crippen LogP contribution in [0.5, 0.6) is 0 Å². The van der Waals surface area contributed by atoms with Gasteiger partial charge in [0.1, 0.15) is 12.6 Å². The Balaban J connectivity index is 1.56. The Morgan fingerprint density at radius 3 is 2.13 bits per heavy atom. The highest BCUT2D eigenvalue weighted by atomic mass is 35.5. The lowest BCUT2D eigenvalue weighted by atomic mass is 10.0. The Labute approximate surface area is 270 Å². The van der Waals surface area contributed by atoms with Gasteiger partial charge in [-0.15, -0.1) is 0 Å². The highest BCUT2D eigenvalue weighted by molar-refractivity contribution is 7.92. The number of carbonyl (C=O) groups excluding carboxylic acids is 2. The number of carbonyl (C=O) groups is 2. The van der Waals surface area contributed by atoms with Gasteiger partial charge in [0.05, 0.1) is 10.6 Å². The first-order valence-electron chi connectivity index (χ1n) is 15.2. The van der Waals surface area contributed by atoms with Crippen molar-refractivity contribution in [2.75, 3.05) is 10.8 Å². The van der Waals surface area contributed by atoms with Crippen molar-refractivity contribution in [2.45, 2.75) is 62.6 Å². The van der Waals surface area contributed by atoms with Crippen molar-refractivity contribution in [3.8, 4) is 0 Å². The summed E-state index contributed by atoms with van der Waals surface area (Å²) in [4.78, 5) is 30.2. The number of nitrogens with one attached hydrogen (secondary N) is 1. The average Bonchev–Trinajstić information content (AvgIpc) is 3.56. The van der Waals surface area contributed by atoms with Crippen molar-refractivity contribution in [1.29, 1.82) is 0 Å². The number of benzene rings is 4. The molecule has 9 heteroatoms. The number of amides is 2. The third-order valence-corrected chi connectivity index (χ3v) is 10.2. The molecule has 0 spiro atoms. The minimum atomic E-state index is -4.13. The van der Waals surface area contributed by atoms with E-state index in [9.17, 15) is 18.0 Å². The predicted molar refractivity (Wildman–Crippen MR) is 178 cm³/mol. The summed E-state index contributed by atoms with van der Waals surface area (Å²) in [6.07, 6.45) is 4.15. The lowest BCUT2D eigenvalue weighted by Crippen LogP contribution is -2.54. The van der Waals surface area contributed by atoms with Crippen molar-refractivity contribution < 1.29 is 18.0 Å². The molecule has 5 rings (SSSR count). The van der Waals surface area contributed by atoms with E-state index in [1.54, 1.807) is 48.5 Å². The van der Waals surface area contributed by atoms with E-state index in [2.05, 4.69) is 5.32 Å². The van der Waals surface area contributed by atoms with E-state index < -0.39 is 28.5 Å². The maximum absolute atomic E-state index is 14.5. The van der Waals surface area contributed by atoms with E-state index in [0.29, 0.717) is 10.7 Å². The fourth-order valence-electron chi connectivity index (χ4n) is 5.74. The molecule has 0 unspecified atom stereocenters. The van der Waals surface area contributed by atoms with Gasteiger partial charge in [0.25, 0.3) is 10.0 Å². The Kier molecular flexibility index (Phi) is 10.6. The maximum Gasteiger partial charge on any atom is 0.264 e. The molecule has 1 N–H and O–H groups in total. The van der Waals surface area contributed by atoms with Crippen molar-refractivity contribution in [3.63, 3.8) is 0 Å². The van der Waals surface area contributed by atoms with Crippen molar-refractivity contribution in [2.24, 2.45) is 0 Å². The number of anilines is 1. The molecule has 1 aliphatic carbocycles. The molecule has 2 amide bonds. The van der Waals surface area contributed by atoms with Gasteiger partial charge in [-0.1, -0.05) is 97.2 Å². The van der Waals surface area contributed by atoms with Gasteiger partial charge in [-0.25, -0.2) is 8.42 Å². The minimum Gasteiger partial charge on any atom is -0.352 e. The number of sulfonamides is 1. The van der Waals surface area contributed by atoms with Gasteiger partial charge >= 0.3 is 0 Å². The zero-order valence-corrected chi connectivity index (χ0v) is 26.9. The number of halogens is 1. The van der Waals surface area contributed by atoms with Gasteiger partial charge in [-0.05, 0) is 72.9 Å². The smallest absolute Gasteiger partial charge is 0.264 e. The Bertz CT molecular complexity index is 1690. The molecule has 1 saturated carbocycles. The van der Waals surface area contributed by atoms with Gasteiger partial charge < -0.3 is 10.2 Å². The molecule has 4 aromatic rings. The zero-order chi connectivity index (χ0) is 31.8. The number of hydrogen-bond acceptors (Lipinski definition) is 4. The highest BCUT2D eigenvalue weighted by Gasteiger charge is 2.35.